The monoisotopic (exact) mass is 421 g/mol. The molecule has 0 saturated carbocycles. The fraction of sp³-hybridized carbons (Fsp3) is 0.348. The van der Waals surface area contributed by atoms with Gasteiger partial charge in [0, 0.05) is 6.54 Å². The second-order valence-corrected chi connectivity index (χ2v) is 8.25. The fourth-order valence-corrected chi connectivity index (χ4v) is 4.37. The van der Waals surface area contributed by atoms with Gasteiger partial charge in [-0.15, -0.1) is 0 Å². The second-order valence-electron chi connectivity index (χ2n) is 8.25. The van der Waals surface area contributed by atoms with Crippen LogP contribution in [0.4, 0.5) is 4.79 Å². The van der Waals surface area contributed by atoms with Crippen molar-refractivity contribution in [1.29, 1.82) is 0 Å². The molecule has 0 bridgehead atoms. The number of ether oxygens (including phenoxy) is 2. The molecule has 8 heteroatoms. The van der Waals surface area contributed by atoms with Crippen LogP contribution < -0.4 is 20.1 Å². The SMILES string of the molecule is C[C@]1(c2ccc3c(c2)CCC3)NC(=O)N(CC(=O)NCc2ccc3c(c2)OCO3)C1=O. The molecule has 160 valence electrons. The van der Waals surface area contributed by atoms with Gasteiger partial charge in [-0.3, -0.25) is 14.5 Å². The Morgan fingerprint density at radius 2 is 1.90 bits per heavy atom. The van der Waals surface area contributed by atoms with Gasteiger partial charge in [-0.25, -0.2) is 4.79 Å². The van der Waals surface area contributed by atoms with Gasteiger partial charge in [0.2, 0.25) is 12.7 Å². The standard InChI is InChI=1S/C23H23N3O5/c1-23(17-7-6-15-3-2-4-16(15)10-17)21(28)26(22(29)25-23)12-20(27)24-11-14-5-8-18-19(9-14)31-13-30-18/h5-10H,2-4,11-13H2,1H3,(H,24,27)(H,25,29)/t23-/m1/s1. The summed E-state index contributed by atoms with van der Waals surface area (Å²) in [4.78, 5) is 39.1. The highest BCUT2D eigenvalue weighted by Gasteiger charge is 2.49. The van der Waals surface area contributed by atoms with Crippen LogP contribution in [0.1, 0.15) is 35.6 Å². The minimum atomic E-state index is -1.17. The van der Waals surface area contributed by atoms with Gasteiger partial charge in [-0.05, 0) is 60.6 Å². The molecule has 5 rings (SSSR count). The molecule has 2 aliphatic heterocycles. The van der Waals surface area contributed by atoms with Crippen LogP contribution in [0.3, 0.4) is 0 Å². The molecular formula is C23H23N3O5. The average Bonchev–Trinajstić information content (AvgIpc) is 3.47. The molecule has 3 aliphatic rings. The van der Waals surface area contributed by atoms with Crippen molar-refractivity contribution in [1.82, 2.24) is 15.5 Å². The molecule has 0 unspecified atom stereocenters. The number of benzene rings is 2. The predicted molar refractivity (Wildman–Crippen MR) is 110 cm³/mol. The topological polar surface area (TPSA) is 97.0 Å². The van der Waals surface area contributed by atoms with E-state index < -0.39 is 23.4 Å². The zero-order chi connectivity index (χ0) is 21.6. The van der Waals surface area contributed by atoms with Crippen LogP contribution in [0.25, 0.3) is 0 Å². The Morgan fingerprint density at radius 1 is 1.10 bits per heavy atom. The number of imide groups is 1. The Labute approximate surface area is 179 Å². The van der Waals surface area contributed by atoms with Crippen LogP contribution >= 0.6 is 0 Å². The van der Waals surface area contributed by atoms with Gasteiger partial charge >= 0.3 is 6.03 Å². The molecule has 0 radical (unpaired) electrons. The van der Waals surface area contributed by atoms with Crippen molar-refractivity contribution in [3.8, 4) is 11.5 Å². The molecule has 1 atom stereocenters. The van der Waals surface area contributed by atoms with Gasteiger partial charge in [0.05, 0.1) is 0 Å². The molecule has 1 aliphatic carbocycles. The predicted octanol–water partition coefficient (Wildman–Crippen LogP) is 1.99. The summed E-state index contributed by atoms with van der Waals surface area (Å²) in [6.45, 7) is 1.78. The highest BCUT2D eigenvalue weighted by atomic mass is 16.7. The molecular weight excluding hydrogens is 398 g/mol. The van der Waals surface area contributed by atoms with E-state index in [1.165, 1.54) is 11.1 Å². The number of rotatable bonds is 5. The molecule has 0 aromatic heterocycles. The summed E-state index contributed by atoms with van der Waals surface area (Å²) in [5.41, 5.74) is 2.92. The quantitative estimate of drug-likeness (QED) is 0.720. The first-order chi connectivity index (χ1) is 14.9. The maximum atomic E-state index is 13.1. The van der Waals surface area contributed by atoms with Gasteiger partial charge in [-0.2, -0.15) is 0 Å². The lowest BCUT2D eigenvalue weighted by Crippen LogP contribution is -2.43. The largest absolute Gasteiger partial charge is 0.454 e. The van der Waals surface area contributed by atoms with Crippen LogP contribution in [0.2, 0.25) is 0 Å². The van der Waals surface area contributed by atoms with E-state index in [9.17, 15) is 14.4 Å². The van der Waals surface area contributed by atoms with Gasteiger partial charge in [0.1, 0.15) is 12.1 Å². The minimum absolute atomic E-state index is 0.181. The highest BCUT2D eigenvalue weighted by molar-refractivity contribution is 6.09. The molecule has 2 aromatic carbocycles. The van der Waals surface area contributed by atoms with Crippen molar-refractivity contribution in [3.63, 3.8) is 0 Å². The number of amides is 4. The van der Waals surface area contributed by atoms with E-state index in [2.05, 4.69) is 10.6 Å². The Kier molecular flexibility index (Phi) is 4.57. The zero-order valence-corrected chi connectivity index (χ0v) is 17.2. The molecule has 1 fully saturated rings. The number of hydrogen-bond acceptors (Lipinski definition) is 5. The summed E-state index contributed by atoms with van der Waals surface area (Å²) in [6.07, 6.45) is 3.13. The number of nitrogens with zero attached hydrogens (tertiary/aromatic N) is 1. The molecule has 2 N–H and O–H groups in total. The number of aryl methyl sites for hydroxylation is 2. The van der Waals surface area contributed by atoms with E-state index in [0.717, 1.165) is 35.3 Å². The van der Waals surface area contributed by atoms with Crippen molar-refractivity contribution in [2.45, 2.75) is 38.3 Å². The Morgan fingerprint density at radius 3 is 2.77 bits per heavy atom. The van der Waals surface area contributed by atoms with Gasteiger partial charge in [0.15, 0.2) is 11.5 Å². The average molecular weight is 421 g/mol. The summed E-state index contributed by atoms with van der Waals surface area (Å²) in [6, 6.07) is 10.8. The van der Waals surface area contributed by atoms with Crippen LogP contribution in [-0.4, -0.2) is 36.1 Å². The number of carbonyl (C=O) groups is 3. The number of hydrogen-bond donors (Lipinski definition) is 2. The lowest BCUT2D eigenvalue weighted by molar-refractivity contribution is -0.134. The number of urea groups is 1. The van der Waals surface area contributed by atoms with Crippen molar-refractivity contribution in [3.05, 3.63) is 58.7 Å². The Hall–Kier alpha value is -3.55. The second kappa shape index (κ2) is 7.30. The van der Waals surface area contributed by atoms with Crippen molar-refractivity contribution < 1.29 is 23.9 Å². The Bertz CT molecular complexity index is 1100. The summed E-state index contributed by atoms with van der Waals surface area (Å²) >= 11 is 0. The maximum absolute atomic E-state index is 13.1. The van der Waals surface area contributed by atoms with Crippen LogP contribution in [0.15, 0.2) is 36.4 Å². The highest BCUT2D eigenvalue weighted by Crippen LogP contribution is 2.33. The fourth-order valence-electron chi connectivity index (χ4n) is 4.37. The third kappa shape index (κ3) is 3.37. The van der Waals surface area contributed by atoms with Crippen LogP contribution in [0, 0.1) is 0 Å². The smallest absolute Gasteiger partial charge is 0.325 e. The summed E-state index contributed by atoms with van der Waals surface area (Å²) < 4.78 is 10.6. The van der Waals surface area contributed by atoms with E-state index >= 15 is 0 Å². The van der Waals surface area contributed by atoms with E-state index in [1.807, 2.05) is 24.3 Å². The van der Waals surface area contributed by atoms with E-state index in [-0.39, 0.29) is 19.9 Å². The molecule has 0 spiro atoms. The van der Waals surface area contributed by atoms with E-state index in [0.29, 0.717) is 11.5 Å². The molecule has 4 amide bonds. The third-order valence-corrected chi connectivity index (χ3v) is 6.18. The summed E-state index contributed by atoms with van der Waals surface area (Å²) in [5.74, 6) is 0.458. The number of carbonyl (C=O) groups excluding carboxylic acids is 3. The van der Waals surface area contributed by atoms with Crippen molar-refractivity contribution in [2.75, 3.05) is 13.3 Å². The van der Waals surface area contributed by atoms with Gasteiger partial charge in [-0.1, -0.05) is 24.3 Å². The first-order valence-electron chi connectivity index (χ1n) is 10.4. The summed E-state index contributed by atoms with van der Waals surface area (Å²) in [7, 11) is 0. The zero-order valence-electron chi connectivity index (χ0n) is 17.2. The molecule has 1 saturated heterocycles. The first kappa shape index (κ1) is 19.4. The van der Waals surface area contributed by atoms with Gasteiger partial charge in [0.25, 0.3) is 5.91 Å². The molecule has 2 heterocycles. The Balaban J connectivity index is 1.25. The first-order valence-corrected chi connectivity index (χ1v) is 10.4. The molecule has 31 heavy (non-hydrogen) atoms. The third-order valence-electron chi connectivity index (χ3n) is 6.18. The van der Waals surface area contributed by atoms with Crippen molar-refractivity contribution >= 4 is 17.8 Å². The lowest BCUT2D eigenvalue weighted by atomic mass is 9.89. The van der Waals surface area contributed by atoms with Crippen LogP contribution in [-0.2, 0) is 34.5 Å². The van der Waals surface area contributed by atoms with Crippen LogP contribution in [0.5, 0.6) is 11.5 Å². The van der Waals surface area contributed by atoms with E-state index in [4.69, 9.17) is 9.47 Å². The number of fused-ring (bicyclic) bond motifs is 2. The van der Waals surface area contributed by atoms with E-state index in [1.54, 1.807) is 19.1 Å². The minimum Gasteiger partial charge on any atom is -0.454 e. The normalized spacial score (nSPS) is 21.3. The summed E-state index contributed by atoms with van der Waals surface area (Å²) in [5, 5.41) is 5.52. The maximum Gasteiger partial charge on any atom is 0.325 e. The molecule has 2 aromatic rings. The van der Waals surface area contributed by atoms with Crippen molar-refractivity contribution in [2.24, 2.45) is 0 Å². The van der Waals surface area contributed by atoms with Gasteiger partial charge < -0.3 is 20.1 Å². The lowest BCUT2D eigenvalue weighted by Gasteiger charge is -2.23. The molecule has 8 nitrogen and oxygen atoms in total. The number of nitrogens with one attached hydrogen (secondary N) is 2.